The minimum Gasteiger partial charge on any atom is -0.300 e. The average Bonchev–Trinajstić information content (AvgIpc) is 2.71. The van der Waals surface area contributed by atoms with E-state index in [2.05, 4.69) is 15.0 Å². The smallest absolute Gasteiger partial charge is 0.300 e. The number of imidazole rings is 1. The van der Waals surface area contributed by atoms with Gasteiger partial charge in [-0.05, 0) is 12.1 Å². The highest BCUT2D eigenvalue weighted by Gasteiger charge is 2.11. The maximum atomic E-state index is 12.1. The number of benzene rings is 1. The number of aromatic amines is 3. The molecule has 0 aliphatic heterocycles. The highest BCUT2D eigenvalue weighted by molar-refractivity contribution is 5.68. The molecule has 2 heterocycles. The number of aromatic nitrogens is 4. The normalized spacial score (nSPS) is 10.9. The number of fused-ring (bicyclic) bond motifs is 1. The van der Waals surface area contributed by atoms with Gasteiger partial charge in [0.15, 0.2) is 5.52 Å². The van der Waals surface area contributed by atoms with Crippen LogP contribution in [0, 0.1) is 0 Å². The van der Waals surface area contributed by atoms with Crippen molar-refractivity contribution < 1.29 is 0 Å². The summed E-state index contributed by atoms with van der Waals surface area (Å²) in [5.74, 6) is 0. The molecule has 0 saturated carbocycles. The molecule has 0 aliphatic rings. The van der Waals surface area contributed by atoms with E-state index in [0.717, 1.165) is 4.57 Å². The molecule has 0 bridgehead atoms. The number of nitrogens with one attached hydrogen (secondary N) is 3. The Balaban J connectivity index is 2.48. The van der Waals surface area contributed by atoms with Gasteiger partial charge in [0, 0.05) is 0 Å². The first-order chi connectivity index (χ1) is 8.66. The average molecular weight is 244 g/mol. The Kier molecular flexibility index (Phi) is 2.06. The van der Waals surface area contributed by atoms with Crippen LogP contribution in [0.1, 0.15) is 0 Å². The predicted octanol–water partition coefficient (Wildman–Crippen LogP) is -0.305. The van der Waals surface area contributed by atoms with Crippen LogP contribution in [0.3, 0.4) is 0 Å². The van der Waals surface area contributed by atoms with Crippen LogP contribution in [-0.2, 0) is 0 Å². The lowest BCUT2D eigenvalue weighted by Gasteiger charge is -2.03. The third-order valence-corrected chi connectivity index (χ3v) is 2.59. The van der Waals surface area contributed by atoms with E-state index in [4.69, 9.17) is 0 Å². The Labute approximate surface area is 98.7 Å². The lowest BCUT2D eigenvalue weighted by atomic mass is 10.3. The van der Waals surface area contributed by atoms with Crippen LogP contribution in [0.4, 0.5) is 0 Å². The van der Waals surface area contributed by atoms with E-state index in [-0.39, 0.29) is 11.2 Å². The maximum Gasteiger partial charge on any atom is 0.334 e. The summed E-state index contributed by atoms with van der Waals surface area (Å²) >= 11 is 0. The summed E-state index contributed by atoms with van der Waals surface area (Å²) in [5, 5.41) is 0. The molecule has 0 fully saturated rings. The van der Waals surface area contributed by atoms with E-state index in [0.29, 0.717) is 5.69 Å². The topological polar surface area (TPSA) is 104 Å². The molecule has 0 saturated heterocycles. The first-order valence-corrected chi connectivity index (χ1v) is 5.19. The first kappa shape index (κ1) is 10.3. The largest absolute Gasteiger partial charge is 0.334 e. The molecule has 7 heteroatoms. The number of hydrogen-bond acceptors (Lipinski definition) is 3. The standard InChI is InChI=1S/C11H8N4O3/c16-9-7-8(13-10(17)12-7)14-11(18)15(9)6-4-2-1-3-5-6/h1-5H,(H,14,18)(H2,12,13,17). The molecule has 0 spiro atoms. The Morgan fingerprint density at radius 1 is 0.889 bits per heavy atom. The van der Waals surface area contributed by atoms with Crippen LogP contribution in [0.2, 0.25) is 0 Å². The molecule has 90 valence electrons. The number of H-pyrrole nitrogens is 3. The van der Waals surface area contributed by atoms with Crippen molar-refractivity contribution in [2.45, 2.75) is 0 Å². The molecular formula is C11H8N4O3. The highest BCUT2D eigenvalue weighted by atomic mass is 16.2. The van der Waals surface area contributed by atoms with Gasteiger partial charge in [-0.15, -0.1) is 0 Å². The van der Waals surface area contributed by atoms with Gasteiger partial charge < -0.3 is 0 Å². The van der Waals surface area contributed by atoms with Gasteiger partial charge >= 0.3 is 11.4 Å². The molecule has 0 aliphatic carbocycles. The summed E-state index contributed by atoms with van der Waals surface area (Å²) in [6.45, 7) is 0. The van der Waals surface area contributed by atoms with Crippen molar-refractivity contribution in [1.29, 1.82) is 0 Å². The molecule has 0 atom stereocenters. The van der Waals surface area contributed by atoms with Crippen molar-refractivity contribution in [3.05, 3.63) is 61.7 Å². The number of nitrogens with zero attached hydrogens (tertiary/aromatic N) is 1. The molecule has 3 rings (SSSR count). The molecule has 18 heavy (non-hydrogen) atoms. The molecular weight excluding hydrogens is 236 g/mol. The molecule has 0 unspecified atom stereocenters. The Morgan fingerprint density at radius 2 is 1.61 bits per heavy atom. The van der Waals surface area contributed by atoms with Crippen molar-refractivity contribution in [1.82, 2.24) is 19.5 Å². The minimum absolute atomic E-state index is 0.0449. The van der Waals surface area contributed by atoms with E-state index in [9.17, 15) is 14.4 Å². The quantitative estimate of drug-likeness (QED) is 0.547. The molecule has 2 aromatic heterocycles. The van der Waals surface area contributed by atoms with Crippen molar-refractivity contribution >= 4 is 11.2 Å². The fourth-order valence-corrected chi connectivity index (χ4v) is 1.82. The summed E-state index contributed by atoms with van der Waals surface area (Å²) in [5.41, 5.74) is -1.13. The van der Waals surface area contributed by atoms with Gasteiger partial charge in [0.1, 0.15) is 5.65 Å². The fourth-order valence-electron chi connectivity index (χ4n) is 1.82. The van der Waals surface area contributed by atoms with Gasteiger partial charge in [-0.25, -0.2) is 14.2 Å². The van der Waals surface area contributed by atoms with E-state index in [1.165, 1.54) is 0 Å². The number of rotatable bonds is 1. The number of para-hydroxylation sites is 1. The van der Waals surface area contributed by atoms with Gasteiger partial charge in [-0.3, -0.25) is 19.7 Å². The van der Waals surface area contributed by atoms with Gasteiger partial charge in [-0.1, -0.05) is 18.2 Å². The van der Waals surface area contributed by atoms with Gasteiger partial charge in [0.25, 0.3) is 5.56 Å². The second kappa shape index (κ2) is 3.59. The monoisotopic (exact) mass is 244 g/mol. The summed E-state index contributed by atoms with van der Waals surface area (Å²) < 4.78 is 0.964. The van der Waals surface area contributed by atoms with Crippen LogP contribution < -0.4 is 16.9 Å². The Morgan fingerprint density at radius 3 is 2.33 bits per heavy atom. The predicted molar refractivity (Wildman–Crippen MR) is 65.1 cm³/mol. The second-order valence-corrected chi connectivity index (χ2v) is 3.74. The minimum atomic E-state index is -0.603. The van der Waals surface area contributed by atoms with Crippen LogP contribution in [0.15, 0.2) is 44.7 Å². The highest BCUT2D eigenvalue weighted by Crippen LogP contribution is 2.02. The summed E-state index contributed by atoms with van der Waals surface area (Å²) in [4.78, 5) is 42.2. The molecule has 0 radical (unpaired) electrons. The van der Waals surface area contributed by atoms with E-state index in [1.54, 1.807) is 30.3 Å². The van der Waals surface area contributed by atoms with Crippen molar-refractivity contribution in [3.8, 4) is 5.69 Å². The SMILES string of the molecule is O=c1[nH]c2[nH]c(=O)n(-c3ccccc3)c(=O)c2[nH]1. The van der Waals surface area contributed by atoms with Crippen LogP contribution in [0.25, 0.3) is 16.9 Å². The van der Waals surface area contributed by atoms with Crippen LogP contribution in [-0.4, -0.2) is 19.5 Å². The molecule has 3 aromatic rings. The summed E-state index contributed by atoms with van der Waals surface area (Å²) in [6.07, 6.45) is 0. The van der Waals surface area contributed by atoms with E-state index in [1.807, 2.05) is 0 Å². The fraction of sp³-hybridized carbons (Fsp3) is 0. The van der Waals surface area contributed by atoms with Gasteiger partial charge in [0.2, 0.25) is 0 Å². The maximum absolute atomic E-state index is 12.1. The lowest BCUT2D eigenvalue weighted by molar-refractivity contribution is 0.896. The molecule has 3 N–H and O–H groups in total. The first-order valence-electron chi connectivity index (χ1n) is 5.19. The van der Waals surface area contributed by atoms with E-state index >= 15 is 0 Å². The van der Waals surface area contributed by atoms with Crippen molar-refractivity contribution in [2.75, 3.05) is 0 Å². The molecule has 7 nitrogen and oxygen atoms in total. The molecule has 0 amide bonds. The molecule has 1 aromatic carbocycles. The van der Waals surface area contributed by atoms with Gasteiger partial charge in [-0.2, -0.15) is 0 Å². The second-order valence-electron chi connectivity index (χ2n) is 3.74. The van der Waals surface area contributed by atoms with Crippen molar-refractivity contribution in [3.63, 3.8) is 0 Å². The zero-order valence-corrected chi connectivity index (χ0v) is 9.06. The van der Waals surface area contributed by atoms with Crippen LogP contribution >= 0.6 is 0 Å². The zero-order valence-electron chi connectivity index (χ0n) is 9.06. The van der Waals surface area contributed by atoms with E-state index < -0.39 is 16.9 Å². The zero-order chi connectivity index (χ0) is 12.7. The Hall–Kier alpha value is -2.83. The van der Waals surface area contributed by atoms with Crippen molar-refractivity contribution in [2.24, 2.45) is 0 Å². The summed E-state index contributed by atoms with van der Waals surface area (Å²) in [7, 11) is 0. The number of hydrogen-bond donors (Lipinski definition) is 3. The van der Waals surface area contributed by atoms with Crippen LogP contribution in [0.5, 0.6) is 0 Å². The third-order valence-electron chi connectivity index (χ3n) is 2.59. The Bertz CT molecular complexity index is 882. The third kappa shape index (κ3) is 1.41. The lowest BCUT2D eigenvalue weighted by Crippen LogP contribution is -2.33. The summed E-state index contributed by atoms with van der Waals surface area (Å²) in [6, 6.07) is 8.47. The van der Waals surface area contributed by atoms with Gasteiger partial charge in [0.05, 0.1) is 5.69 Å².